The maximum absolute atomic E-state index is 11.2. The standard InChI is InChI=1S/C8H18N2O2S/c1-5-10(3)8(11)9-6-7(2)13(4)12/h7H,5-6H2,1-4H3,(H,9,11). The zero-order chi connectivity index (χ0) is 10.4. The molecular formula is C8H18N2O2S. The summed E-state index contributed by atoms with van der Waals surface area (Å²) >= 11 is 0. The monoisotopic (exact) mass is 206 g/mol. The van der Waals surface area contributed by atoms with Crippen molar-refractivity contribution in [1.29, 1.82) is 0 Å². The minimum atomic E-state index is -0.875. The van der Waals surface area contributed by atoms with E-state index in [9.17, 15) is 9.00 Å². The van der Waals surface area contributed by atoms with Crippen LogP contribution in [0.15, 0.2) is 0 Å². The molecule has 0 aromatic heterocycles. The van der Waals surface area contributed by atoms with Crippen molar-refractivity contribution in [1.82, 2.24) is 10.2 Å². The van der Waals surface area contributed by atoms with Gasteiger partial charge < -0.3 is 10.2 Å². The molecule has 2 atom stereocenters. The van der Waals surface area contributed by atoms with Crippen LogP contribution in [0.1, 0.15) is 13.8 Å². The summed E-state index contributed by atoms with van der Waals surface area (Å²) in [6.07, 6.45) is 1.64. The van der Waals surface area contributed by atoms with Gasteiger partial charge in [-0.1, -0.05) is 0 Å². The molecule has 0 radical (unpaired) electrons. The molecule has 5 heteroatoms. The molecule has 0 aliphatic rings. The third-order valence-corrected chi connectivity index (χ3v) is 3.23. The van der Waals surface area contributed by atoms with Crippen LogP contribution in [-0.2, 0) is 10.8 Å². The van der Waals surface area contributed by atoms with E-state index in [1.165, 1.54) is 0 Å². The van der Waals surface area contributed by atoms with Crippen LogP contribution < -0.4 is 5.32 Å². The molecule has 1 N–H and O–H groups in total. The summed E-state index contributed by atoms with van der Waals surface area (Å²) in [6, 6.07) is -0.111. The van der Waals surface area contributed by atoms with Crippen LogP contribution in [0.4, 0.5) is 4.79 Å². The Hall–Kier alpha value is -0.580. The van der Waals surface area contributed by atoms with Crippen LogP contribution in [0.2, 0.25) is 0 Å². The maximum Gasteiger partial charge on any atom is 0.317 e. The molecule has 0 spiro atoms. The van der Waals surface area contributed by atoms with Crippen molar-refractivity contribution < 1.29 is 9.00 Å². The molecular weight excluding hydrogens is 188 g/mol. The third kappa shape index (κ3) is 4.87. The predicted octanol–water partition coefficient (Wildman–Crippen LogP) is 0.415. The summed E-state index contributed by atoms with van der Waals surface area (Å²) in [5.41, 5.74) is 0. The van der Waals surface area contributed by atoms with E-state index in [0.29, 0.717) is 13.1 Å². The largest absolute Gasteiger partial charge is 0.337 e. The van der Waals surface area contributed by atoms with Crippen LogP contribution in [0.3, 0.4) is 0 Å². The summed E-state index contributed by atoms with van der Waals surface area (Å²) in [7, 11) is 0.850. The lowest BCUT2D eigenvalue weighted by molar-refractivity contribution is 0.211. The fourth-order valence-electron chi connectivity index (χ4n) is 0.627. The second kappa shape index (κ2) is 5.96. The number of carbonyl (C=O) groups is 1. The summed E-state index contributed by atoms with van der Waals surface area (Å²) < 4.78 is 10.9. The van der Waals surface area contributed by atoms with Gasteiger partial charge in [0.1, 0.15) is 0 Å². The van der Waals surface area contributed by atoms with Crippen LogP contribution in [0.25, 0.3) is 0 Å². The SMILES string of the molecule is CCN(C)C(=O)NCC(C)S(C)=O. The van der Waals surface area contributed by atoms with Gasteiger partial charge >= 0.3 is 6.03 Å². The Labute approximate surface area is 82.1 Å². The smallest absolute Gasteiger partial charge is 0.317 e. The molecule has 0 bridgehead atoms. The number of rotatable bonds is 4. The Balaban J connectivity index is 3.76. The topological polar surface area (TPSA) is 49.4 Å². The van der Waals surface area contributed by atoms with Gasteiger partial charge in [0.25, 0.3) is 0 Å². The number of urea groups is 1. The Kier molecular flexibility index (Phi) is 5.70. The average molecular weight is 206 g/mol. The number of hydrogen-bond acceptors (Lipinski definition) is 2. The van der Waals surface area contributed by atoms with Crippen LogP contribution >= 0.6 is 0 Å². The molecule has 2 amide bonds. The van der Waals surface area contributed by atoms with Crippen molar-refractivity contribution in [2.24, 2.45) is 0 Å². The van der Waals surface area contributed by atoms with E-state index in [4.69, 9.17) is 0 Å². The van der Waals surface area contributed by atoms with Gasteiger partial charge in [0, 0.05) is 42.4 Å². The first-order valence-corrected chi connectivity index (χ1v) is 5.92. The van der Waals surface area contributed by atoms with Crippen LogP contribution in [0.5, 0.6) is 0 Å². The maximum atomic E-state index is 11.2. The first-order chi connectivity index (χ1) is 5.99. The van der Waals surface area contributed by atoms with Gasteiger partial charge in [-0.15, -0.1) is 0 Å². The molecule has 0 aliphatic heterocycles. The molecule has 4 nitrogen and oxygen atoms in total. The Bertz CT molecular complexity index is 197. The second-order valence-electron chi connectivity index (χ2n) is 3.01. The lowest BCUT2D eigenvalue weighted by Crippen LogP contribution is -2.40. The Morgan fingerprint density at radius 2 is 2.15 bits per heavy atom. The highest BCUT2D eigenvalue weighted by atomic mass is 32.2. The van der Waals surface area contributed by atoms with Crippen molar-refractivity contribution in [2.75, 3.05) is 26.4 Å². The van der Waals surface area contributed by atoms with E-state index in [2.05, 4.69) is 5.32 Å². The number of nitrogens with one attached hydrogen (secondary N) is 1. The van der Waals surface area contributed by atoms with Crippen molar-refractivity contribution in [2.45, 2.75) is 19.1 Å². The van der Waals surface area contributed by atoms with Gasteiger partial charge in [0.2, 0.25) is 0 Å². The molecule has 78 valence electrons. The van der Waals surface area contributed by atoms with E-state index in [1.54, 1.807) is 18.2 Å². The highest BCUT2D eigenvalue weighted by molar-refractivity contribution is 7.84. The van der Waals surface area contributed by atoms with Crippen LogP contribution in [-0.4, -0.2) is 46.8 Å². The minimum absolute atomic E-state index is 0.00852. The van der Waals surface area contributed by atoms with Gasteiger partial charge in [-0.05, 0) is 13.8 Å². The number of amides is 2. The fourth-order valence-corrected chi connectivity index (χ4v) is 0.945. The molecule has 2 unspecified atom stereocenters. The van der Waals surface area contributed by atoms with Crippen molar-refractivity contribution >= 4 is 16.8 Å². The summed E-state index contributed by atoms with van der Waals surface area (Å²) in [5, 5.41) is 2.72. The first-order valence-electron chi connectivity index (χ1n) is 4.30. The summed E-state index contributed by atoms with van der Waals surface area (Å²) in [5.74, 6) is 0. The quantitative estimate of drug-likeness (QED) is 0.724. The van der Waals surface area contributed by atoms with Gasteiger partial charge in [-0.25, -0.2) is 4.79 Å². The van der Waals surface area contributed by atoms with E-state index >= 15 is 0 Å². The van der Waals surface area contributed by atoms with Crippen molar-refractivity contribution in [3.63, 3.8) is 0 Å². The number of hydrogen-bond donors (Lipinski definition) is 1. The molecule has 0 aromatic rings. The predicted molar refractivity (Wildman–Crippen MR) is 55.2 cm³/mol. The number of carbonyl (C=O) groups excluding carboxylic acids is 1. The van der Waals surface area contributed by atoms with Crippen molar-refractivity contribution in [3.05, 3.63) is 0 Å². The molecule has 0 heterocycles. The van der Waals surface area contributed by atoms with E-state index < -0.39 is 10.8 Å². The lowest BCUT2D eigenvalue weighted by Gasteiger charge is -2.17. The molecule has 0 aromatic carbocycles. The zero-order valence-electron chi connectivity index (χ0n) is 8.66. The van der Waals surface area contributed by atoms with Gasteiger partial charge in [0.05, 0.1) is 0 Å². The van der Waals surface area contributed by atoms with E-state index in [1.807, 2.05) is 13.8 Å². The van der Waals surface area contributed by atoms with Gasteiger partial charge in [-0.2, -0.15) is 0 Å². The normalized spacial score (nSPS) is 14.8. The summed E-state index contributed by atoms with van der Waals surface area (Å²) in [4.78, 5) is 12.8. The highest BCUT2D eigenvalue weighted by Gasteiger charge is 2.09. The molecule has 0 rings (SSSR count). The molecule has 0 saturated heterocycles. The zero-order valence-corrected chi connectivity index (χ0v) is 9.48. The average Bonchev–Trinajstić information content (AvgIpc) is 2.11. The summed E-state index contributed by atoms with van der Waals surface area (Å²) in [6.45, 7) is 4.89. The Morgan fingerprint density at radius 1 is 1.62 bits per heavy atom. The van der Waals surface area contributed by atoms with Gasteiger partial charge in [-0.3, -0.25) is 4.21 Å². The Morgan fingerprint density at radius 3 is 2.54 bits per heavy atom. The van der Waals surface area contributed by atoms with Gasteiger partial charge in [0.15, 0.2) is 0 Å². The third-order valence-electron chi connectivity index (χ3n) is 1.93. The fraction of sp³-hybridized carbons (Fsp3) is 0.875. The second-order valence-corrected chi connectivity index (χ2v) is 4.81. The lowest BCUT2D eigenvalue weighted by atomic mass is 10.5. The molecule has 13 heavy (non-hydrogen) atoms. The van der Waals surface area contributed by atoms with E-state index in [0.717, 1.165) is 0 Å². The van der Waals surface area contributed by atoms with Crippen LogP contribution in [0, 0.1) is 0 Å². The van der Waals surface area contributed by atoms with E-state index in [-0.39, 0.29) is 11.3 Å². The highest BCUT2D eigenvalue weighted by Crippen LogP contribution is 1.90. The molecule has 0 aliphatic carbocycles. The molecule has 0 fully saturated rings. The first kappa shape index (κ1) is 12.4. The molecule has 0 saturated carbocycles. The minimum Gasteiger partial charge on any atom is -0.337 e. The number of nitrogens with zero attached hydrogens (tertiary/aromatic N) is 1. The van der Waals surface area contributed by atoms with Crippen molar-refractivity contribution in [3.8, 4) is 0 Å².